The van der Waals surface area contributed by atoms with Gasteiger partial charge in [0, 0.05) is 30.3 Å². The molecule has 4 nitrogen and oxygen atoms in total. The summed E-state index contributed by atoms with van der Waals surface area (Å²) in [5.41, 5.74) is 1.79. The predicted octanol–water partition coefficient (Wildman–Crippen LogP) is 4.03. The largest absolute Gasteiger partial charge is 0.497 e. The van der Waals surface area contributed by atoms with E-state index in [2.05, 4.69) is 0 Å². The average Bonchev–Trinajstić information content (AvgIpc) is 2.60. The number of amides is 1. The molecule has 2 rings (SSSR count). The van der Waals surface area contributed by atoms with Gasteiger partial charge in [0.25, 0.3) is 0 Å². The van der Waals surface area contributed by atoms with E-state index in [0.29, 0.717) is 17.3 Å². The quantitative estimate of drug-likeness (QED) is 0.742. The highest BCUT2D eigenvalue weighted by Gasteiger charge is 2.10. The van der Waals surface area contributed by atoms with Gasteiger partial charge >= 0.3 is 0 Å². The van der Waals surface area contributed by atoms with Crippen LogP contribution in [0.5, 0.6) is 11.5 Å². The number of ether oxygens (including phenoxy) is 2. The Balaban J connectivity index is 2.03. The molecule has 0 aliphatic rings. The second kappa shape index (κ2) is 8.41. The Hall–Kier alpha value is -2.46. The molecular formula is C19H20ClNO3. The first kappa shape index (κ1) is 17.9. The Morgan fingerprint density at radius 1 is 1.12 bits per heavy atom. The van der Waals surface area contributed by atoms with Crippen molar-refractivity contribution in [3.8, 4) is 11.5 Å². The van der Waals surface area contributed by atoms with E-state index in [-0.39, 0.29) is 5.91 Å². The van der Waals surface area contributed by atoms with Crippen molar-refractivity contribution in [2.45, 2.75) is 6.54 Å². The van der Waals surface area contributed by atoms with E-state index in [1.165, 1.54) is 0 Å². The van der Waals surface area contributed by atoms with Gasteiger partial charge < -0.3 is 14.4 Å². The highest BCUT2D eigenvalue weighted by atomic mass is 35.5. The van der Waals surface area contributed by atoms with Crippen LogP contribution in [0, 0.1) is 0 Å². The Morgan fingerprint density at radius 2 is 1.83 bits per heavy atom. The maximum absolute atomic E-state index is 12.3. The van der Waals surface area contributed by atoms with Crippen molar-refractivity contribution in [2.24, 2.45) is 0 Å². The third-order valence-electron chi connectivity index (χ3n) is 3.56. The van der Waals surface area contributed by atoms with Crippen LogP contribution in [0.3, 0.4) is 0 Å². The van der Waals surface area contributed by atoms with Crippen LogP contribution >= 0.6 is 11.6 Å². The molecule has 0 aromatic heterocycles. The van der Waals surface area contributed by atoms with Crippen LogP contribution in [0.4, 0.5) is 0 Å². The van der Waals surface area contributed by atoms with Gasteiger partial charge in [-0.2, -0.15) is 0 Å². The molecule has 0 radical (unpaired) electrons. The first-order valence-corrected chi connectivity index (χ1v) is 7.81. The summed E-state index contributed by atoms with van der Waals surface area (Å²) in [7, 11) is 4.95. The molecular weight excluding hydrogens is 326 g/mol. The monoisotopic (exact) mass is 345 g/mol. The van der Waals surface area contributed by atoms with Crippen molar-refractivity contribution >= 4 is 23.6 Å². The molecule has 0 atom stereocenters. The van der Waals surface area contributed by atoms with Crippen molar-refractivity contribution in [2.75, 3.05) is 21.3 Å². The number of methoxy groups -OCH3 is 2. The number of likely N-dealkylation sites (N-methyl/N-ethyl adjacent to an activating group) is 1. The lowest BCUT2D eigenvalue weighted by atomic mass is 10.1. The molecule has 5 heteroatoms. The molecule has 24 heavy (non-hydrogen) atoms. The number of hydrogen-bond acceptors (Lipinski definition) is 3. The zero-order valence-electron chi connectivity index (χ0n) is 14.0. The lowest BCUT2D eigenvalue weighted by Crippen LogP contribution is -2.24. The zero-order valence-corrected chi connectivity index (χ0v) is 14.7. The van der Waals surface area contributed by atoms with Gasteiger partial charge in [-0.1, -0.05) is 23.7 Å². The Morgan fingerprint density at radius 3 is 2.46 bits per heavy atom. The molecule has 0 aliphatic carbocycles. The summed E-state index contributed by atoms with van der Waals surface area (Å²) >= 11 is 6.02. The third kappa shape index (κ3) is 4.77. The average molecular weight is 346 g/mol. The Kier molecular flexibility index (Phi) is 6.27. The standard InChI is InChI=1S/C19H20ClNO3/c1-21(13-15-12-16(20)7-10-18(15)24-3)19(22)11-6-14-4-8-17(23-2)9-5-14/h4-12H,13H2,1-3H3/b11-6+. The molecule has 0 spiro atoms. The van der Waals surface area contributed by atoms with Gasteiger partial charge in [0.05, 0.1) is 14.2 Å². The fourth-order valence-electron chi connectivity index (χ4n) is 2.21. The van der Waals surface area contributed by atoms with E-state index in [1.54, 1.807) is 56.5 Å². The molecule has 0 saturated carbocycles. The van der Waals surface area contributed by atoms with Crippen molar-refractivity contribution in [1.82, 2.24) is 4.90 Å². The van der Waals surface area contributed by atoms with E-state index in [0.717, 1.165) is 16.9 Å². The number of carbonyl (C=O) groups excluding carboxylic acids is 1. The minimum atomic E-state index is -0.104. The van der Waals surface area contributed by atoms with Crippen LogP contribution < -0.4 is 9.47 Å². The topological polar surface area (TPSA) is 38.8 Å². The number of rotatable bonds is 6. The summed E-state index contributed by atoms with van der Waals surface area (Å²) < 4.78 is 10.4. The summed E-state index contributed by atoms with van der Waals surface area (Å²) in [5.74, 6) is 1.38. The van der Waals surface area contributed by atoms with Crippen LogP contribution in [-0.4, -0.2) is 32.1 Å². The molecule has 2 aromatic rings. The third-order valence-corrected chi connectivity index (χ3v) is 3.80. The van der Waals surface area contributed by atoms with Crippen molar-refractivity contribution in [3.05, 3.63) is 64.7 Å². The summed E-state index contributed by atoms with van der Waals surface area (Å²) in [6.45, 7) is 0.412. The summed E-state index contributed by atoms with van der Waals surface area (Å²) in [5, 5.41) is 0.612. The molecule has 0 N–H and O–H groups in total. The first-order chi connectivity index (χ1) is 11.5. The molecule has 1 amide bonds. The minimum Gasteiger partial charge on any atom is -0.497 e. The second-order valence-electron chi connectivity index (χ2n) is 5.26. The summed E-state index contributed by atoms with van der Waals surface area (Å²) in [6, 6.07) is 12.8. The second-order valence-corrected chi connectivity index (χ2v) is 5.69. The van der Waals surface area contributed by atoms with Crippen LogP contribution in [0.25, 0.3) is 6.08 Å². The molecule has 0 saturated heterocycles. The van der Waals surface area contributed by atoms with Gasteiger partial charge in [0.15, 0.2) is 0 Å². The maximum atomic E-state index is 12.3. The van der Waals surface area contributed by atoms with Crippen LogP contribution in [0.1, 0.15) is 11.1 Å². The maximum Gasteiger partial charge on any atom is 0.246 e. The molecule has 0 unspecified atom stereocenters. The highest BCUT2D eigenvalue weighted by molar-refractivity contribution is 6.30. The Labute approximate surface area is 147 Å². The van der Waals surface area contributed by atoms with Crippen molar-refractivity contribution in [3.63, 3.8) is 0 Å². The van der Waals surface area contributed by atoms with Gasteiger partial charge in [0.1, 0.15) is 11.5 Å². The van der Waals surface area contributed by atoms with E-state index in [9.17, 15) is 4.79 Å². The first-order valence-electron chi connectivity index (χ1n) is 7.43. The van der Waals surface area contributed by atoms with Gasteiger partial charge in [0.2, 0.25) is 5.91 Å². The summed E-state index contributed by atoms with van der Waals surface area (Å²) in [4.78, 5) is 13.9. The smallest absolute Gasteiger partial charge is 0.246 e. The highest BCUT2D eigenvalue weighted by Crippen LogP contribution is 2.23. The van der Waals surface area contributed by atoms with Gasteiger partial charge in [-0.05, 0) is 42.0 Å². The number of halogens is 1. The molecule has 126 valence electrons. The van der Waals surface area contributed by atoms with E-state index >= 15 is 0 Å². The fraction of sp³-hybridized carbons (Fsp3) is 0.211. The van der Waals surface area contributed by atoms with Crippen LogP contribution in [0.15, 0.2) is 48.5 Å². The predicted molar refractivity (Wildman–Crippen MR) is 96.5 cm³/mol. The molecule has 0 heterocycles. The van der Waals surface area contributed by atoms with E-state index in [1.807, 2.05) is 24.3 Å². The minimum absolute atomic E-state index is 0.104. The molecule has 0 bridgehead atoms. The number of hydrogen-bond donors (Lipinski definition) is 0. The van der Waals surface area contributed by atoms with Gasteiger partial charge in [-0.25, -0.2) is 0 Å². The molecule has 0 fully saturated rings. The van der Waals surface area contributed by atoms with Gasteiger partial charge in [-0.3, -0.25) is 4.79 Å². The van der Waals surface area contributed by atoms with Crippen molar-refractivity contribution < 1.29 is 14.3 Å². The SMILES string of the molecule is COc1ccc(/C=C/C(=O)N(C)Cc2cc(Cl)ccc2OC)cc1. The van der Waals surface area contributed by atoms with Crippen LogP contribution in [0.2, 0.25) is 5.02 Å². The normalized spacial score (nSPS) is 10.7. The number of benzene rings is 2. The summed E-state index contributed by atoms with van der Waals surface area (Å²) in [6.07, 6.45) is 3.31. The Bertz CT molecular complexity index is 726. The lowest BCUT2D eigenvalue weighted by Gasteiger charge is -2.17. The van der Waals surface area contributed by atoms with Crippen LogP contribution in [-0.2, 0) is 11.3 Å². The van der Waals surface area contributed by atoms with E-state index in [4.69, 9.17) is 21.1 Å². The van der Waals surface area contributed by atoms with Crippen molar-refractivity contribution in [1.29, 1.82) is 0 Å². The fourth-order valence-corrected chi connectivity index (χ4v) is 2.41. The van der Waals surface area contributed by atoms with E-state index < -0.39 is 0 Å². The molecule has 0 aliphatic heterocycles. The van der Waals surface area contributed by atoms with Gasteiger partial charge in [-0.15, -0.1) is 0 Å². The molecule has 2 aromatic carbocycles. The lowest BCUT2D eigenvalue weighted by molar-refractivity contribution is -0.125. The zero-order chi connectivity index (χ0) is 17.5. The number of carbonyl (C=O) groups is 1. The number of nitrogens with zero attached hydrogens (tertiary/aromatic N) is 1.